The van der Waals surface area contributed by atoms with Crippen LogP contribution in [-0.4, -0.2) is 53.4 Å². The van der Waals surface area contributed by atoms with E-state index in [0.29, 0.717) is 31.3 Å². The van der Waals surface area contributed by atoms with E-state index < -0.39 is 58.3 Å². The number of aliphatic hydroxyl groups excluding tert-OH is 2. The van der Waals surface area contributed by atoms with Crippen LogP contribution >= 0.6 is 0 Å². The quantitative estimate of drug-likeness (QED) is 0.414. The molecule has 160 valence electrons. The van der Waals surface area contributed by atoms with Crippen molar-refractivity contribution in [1.82, 2.24) is 0 Å². The van der Waals surface area contributed by atoms with Crippen molar-refractivity contribution < 1.29 is 34.1 Å². The number of esters is 2. The van der Waals surface area contributed by atoms with Gasteiger partial charge in [-0.1, -0.05) is 20.4 Å². The van der Waals surface area contributed by atoms with E-state index in [9.17, 15) is 24.6 Å². The van der Waals surface area contributed by atoms with Crippen LogP contribution in [0, 0.1) is 34.0 Å². The van der Waals surface area contributed by atoms with Gasteiger partial charge >= 0.3 is 11.9 Å². The fourth-order valence-corrected chi connectivity index (χ4v) is 7.13. The van der Waals surface area contributed by atoms with Gasteiger partial charge in [0.2, 0.25) is 0 Å². The maximum atomic E-state index is 13.3. The molecule has 8 atom stereocenters. The first-order valence-electron chi connectivity index (χ1n) is 10.4. The number of fused-ring (bicyclic) bond motifs is 3. The molecule has 2 N–H and O–H groups in total. The Hall–Kier alpha value is -1.73. The fourth-order valence-electron chi connectivity index (χ4n) is 7.13. The number of rotatable bonds is 3. The smallest absolute Gasteiger partial charge is 0.315 e. The number of aliphatic hydroxyl groups is 2. The molecule has 4 fully saturated rings. The number of ether oxygens (including phenoxy) is 2. The Morgan fingerprint density at radius 2 is 2.07 bits per heavy atom. The van der Waals surface area contributed by atoms with Gasteiger partial charge in [-0.05, 0) is 42.6 Å². The van der Waals surface area contributed by atoms with Gasteiger partial charge in [0.05, 0.1) is 17.6 Å². The summed E-state index contributed by atoms with van der Waals surface area (Å²) in [6, 6.07) is 0. The Morgan fingerprint density at radius 3 is 2.69 bits per heavy atom. The number of hydrogen-bond acceptors (Lipinski definition) is 7. The van der Waals surface area contributed by atoms with E-state index in [-0.39, 0.29) is 12.5 Å². The van der Waals surface area contributed by atoms with E-state index in [1.54, 1.807) is 0 Å². The first kappa shape index (κ1) is 20.5. The summed E-state index contributed by atoms with van der Waals surface area (Å²) in [6.45, 7) is 9.08. The SMILES string of the molecule is C=C1[C@@H]2C[C@H](O)[C@@H]3[C@](C2)(C(=O)O[C@H]2CCC(C)(C)[C@@H](C=O)[C@@]23COC(C)=O)[C@@H]1O. The predicted octanol–water partition coefficient (Wildman–Crippen LogP) is 1.40. The summed E-state index contributed by atoms with van der Waals surface area (Å²) in [5, 5.41) is 22.4. The van der Waals surface area contributed by atoms with Crippen molar-refractivity contribution >= 4 is 18.2 Å². The maximum Gasteiger partial charge on any atom is 0.315 e. The molecule has 1 spiro atoms. The van der Waals surface area contributed by atoms with Crippen molar-refractivity contribution in [3.8, 4) is 0 Å². The second-order valence-electron chi connectivity index (χ2n) is 10.1. The molecular weight excluding hydrogens is 376 g/mol. The third-order valence-corrected chi connectivity index (χ3v) is 8.35. The minimum Gasteiger partial charge on any atom is -0.465 e. The summed E-state index contributed by atoms with van der Waals surface area (Å²) in [5.41, 5.74) is -2.38. The Balaban J connectivity index is 1.95. The van der Waals surface area contributed by atoms with E-state index in [2.05, 4.69) is 6.58 Å². The molecule has 0 aromatic carbocycles. The number of aldehydes is 1. The topological polar surface area (TPSA) is 110 Å². The van der Waals surface area contributed by atoms with Crippen LogP contribution in [0.5, 0.6) is 0 Å². The van der Waals surface area contributed by atoms with Crippen LogP contribution in [0.2, 0.25) is 0 Å². The minimum atomic E-state index is -1.37. The van der Waals surface area contributed by atoms with Gasteiger partial charge in [-0.15, -0.1) is 0 Å². The molecule has 1 saturated heterocycles. The van der Waals surface area contributed by atoms with Gasteiger partial charge in [-0.25, -0.2) is 0 Å². The summed E-state index contributed by atoms with van der Waals surface area (Å²) in [6.07, 6.45) is -0.0598. The Kier molecular flexibility index (Phi) is 4.52. The normalized spacial score (nSPS) is 47.6. The van der Waals surface area contributed by atoms with Gasteiger partial charge in [0.25, 0.3) is 0 Å². The molecule has 0 radical (unpaired) electrons. The number of hydrogen-bond donors (Lipinski definition) is 2. The highest BCUT2D eigenvalue weighted by molar-refractivity contribution is 5.82. The molecule has 0 aromatic rings. The molecule has 7 nitrogen and oxygen atoms in total. The lowest BCUT2D eigenvalue weighted by molar-refractivity contribution is -0.273. The van der Waals surface area contributed by atoms with Crippen molar-refractivity contribution in [2.45, 2.75) is 64.8 Å². The van der Waals surface area contributed by atoms with Crippen LogP contribution < -0.4 is 0 Å². The monoisotopic (exact) mass is 406 g/mol. The molecule has 7 heteroatoms. The summed E-state index contributed by atoms with van der Waals surface area (Å²) in [5.74, 6) is -2.60. The first-order chi connectivity index (χ1) is 13.5. The van der Waals surface area contributed by atoms with Gasteiger partial charge < -0.3 is 24.5 Å². The number of carbonyl (C=O) groups is 3. The molecular formula is C22H30O7. The van der Waals surface area contributed by atoms with E-state index in [0.717, 1.165) is 6.29 Å². The maximum absolute atomic E-state index is 13.3. The van der Waals surface area contributed by atoms with Gasteiger partial charge in [0, 0.05) is 18.8 Å². The average Bonchev–Trinajstić information content (AvgIpc) is 2.83. The van der Waals surface area contributed by atoms with Crippen LogP contribution in [0.3, 0.4) is 0 Å². The predicted molar refractivity (Wildman–Crippen MR) is 101 cm³/mol. The zero-order valence-electron chi connectivity index (χ0n) is 17.2. The average molecular weight is 406 g/mol. The Bertz CT molecular complexity index is 773. The molecule has 3 aliphatic carbocycles. The van der Waals surface area contributed by atoms with Crippen molar-refractivity contribution in [2.24, 2.45) is 34.0 Å². The lowest BCUT2D eigenvalue weighted by Gasteiger charge is -2.64. The number of carbonyl (C=O) groups excluding carboxylic acids is 3. The fraction of sp³-hybridized carbons (Fsp3) is 0.773. The largest absolute Gasteiger partial charge is 0.465 e. The molecule has 29 heavy (non-hydrogen) atoms. The Morgan fingerprint density at radius 1 is 1.38 bits per heavy atom. The lowest BCUT2D eigenvalue weighted by Crippen LogP contribution is -2.72. The zero-order chi connectivity index (χ0) is 21.4. The van der Waals surface area contributed by atoms with E-state index in [4.69, 9.17) is 9.47 Å². The standard InChI is InChI=1S/C22H30O7/c1-11-13-7-14(25)17-21(8-13,18(11)26)19(27)29-16-5-6-20(3,4)15(9-23)22(16,17)10-28-12(2)24/h9,13-18,25-26H,1,5-8,10H2,2-4H3/t13-,14+,15-,16+,17-,18-,21+,22+/m1/s1. The molecule has 1 aliphatic heterocycles. The van der Waals surface area contributed by atoms with Gasteiger partial charge in [-0.3, -0.25) is 9.59 Å². The van der Waals surface area contributed by atoms with Crippen LogP contribution in [0.4, 0.5) is 0 Å². The van der Waals surface area contributed by atoms with Crippen molar-refractivity contribution in [1.29, 1.82) is 0 Å². The Labute approximate surface area is 170 Å². The van der Waals surface area contributed by atoms with Crippen LogP contribution in [0.1, 0.15) is 46.5 Å². The van der Waals surface area contributed by atoms with Crippen LogP contribution in [0.15, 0.2) is 12.2 Å². The van der Waals surface area contributed by atoms with E-state index in [1.165, 1.54) is 6.92 Å². The molecule has 1 heterocycles. The highest BCUT2D eigenvalue weighted by atomic mass is 16.6. The second-order valence-corrected chi connectivity index (χ2v) is 10.1. The van der Waals surface area contributed by atoms with Crippen LogP contribution in [0.25, 0.3) is 0 Å². The molecule has 0 amide bonds. The van der Waals surface area contributed by atoms with Crippen LogP contribution in [-0.2, 0) is 23.9 Å². The summed E-state index contributed by atoms with van der Waals surface area (Å²) < 4.78 is 11.4. The third kappa shape index (κ3) is 2.46. The molecule has 0 aromatic heterocycles. The zero-order valence-corrected chi connectivity index (χ0v) is 17.2. The first-order valence-corrected chi connectivity index (χ1v) is 10.4. The summed E-state index contributed by atoms with van der Waals surface area (Å²) >= 11 is 0. The van der Waals surface area contributed by atoms with Gasteiger partial charge in [0.15, 0.2) is 0 Å². The van der Waals surface area contributed by atoms with Crippen molar-refractivity contribution in [3.63, 3.8) is 0 Å². The lowest BCUT2D eigenvalue weighted by atomic mass is 9.43. The molecule has 2 bridgehead atoms. The minimum absolute atomic E-state index is 0.138. The molecule has 4 rings (SSSR count). The summed E-state index contributed by atoms with van der Waals surface area (Å²) in [7, 11) is 0. The van der Waals surface area contributed by atoms with Crippen molar-refractivity contribution in [2.75, 3.05) is 6.61 Å². The highest BCUT2D eigenvalue weighted by Crippen LogP contribution is 2.69. The molecule has 4 aliphatic rings. The molecule has 0 unspecified atom stereocenters. The van der Waals surface area contributed by atoms with Gasteiger partial charge in [0.1, 0.15) is 24.4 Å². The second kappa shape index (κ2) is 6.38. The molecule has 3 saturated carbocycles. The van der Waals surface area contributed by atoms with Gasteiger partial charge in [-0.2, -0.15) is 0 Å². The third-order valence-electron chi connectivity index (χ3n) is 8.35. The van der Waals surface area contributed by atoms with Crippen molar-refractivity contribution in [3.05, 3.63) is 12.2 Å². The summed E-state index contributed by atoms with van der Waals surface area (Å²) in [4.78, 5) is 37.5. The van der Waals surface area contributed by atoms with E-state index in [1.807, 2.05) is 13.8 Å². The van der Waals surface area contributed by atoms with E-state index >= 15 is 0 Å². The highest BCUT2D eigenvalue weighted by Gasteiger charge is 2.77.